The summed E-state index contributed by atoms with van der Waals surface area (Å²) in [6, 6.07) is 3.88. The molecule has 0 fully saturated rings. The summed E-state index contributed by atoms with van der Waals surface area (Å²) in [5.41, 5.74) is -0.475. The Labute approximate surface area is 94.3 Å². The molecule has 3 heteroatoms. The maximum Gasteiger partial charge on any atom is 0.385 e. The lowest BCUT2D eigenvalue weighted by Gasteiger charge is -2.16. The largest absolute Gasteiger partial charge is 0.450 e. The molecule has 1 heterocycles. The normalized spacial score (nSPS) is 10.4. The van der Waals surface area contributed by atoms with Crippen molar-refractivity contribution in [3.05, 3.63) is 21.9 Å². The Hall–Kier alpha value is -1.27. The van der Waals surface area contributed by atoms with Gasteiger partial charge < -0.3 is 4.74 Å². The first-order valence-electron chi connectivity index (χ1n) is 4.68. The molecule has 2 nitrogen and oxygen atoms in total. The number of esters is 1. The van der Waals surface area contributed by atoms with Gasteiger partial charge in [0.2, 0.25) is 0 Å². The minimum atomic E-state index is -0.478. The third kappa shape index (κ3) is 4.66. The fourth-order valence-electron chi connectivity index (χ4n) is 0.918. The number of carbonyl (C=O) groups excluding carboxylic acids is 1. The number of aryl methyl sites for hydroxylation is 1. The van der Waals surface area contributed by atoms with Crippen LogP contribution in [0.3, 0.4) is 0 Å². The summed E-state index contributed by atoms with van der Waals surface area (Å²) < 4.78 is 5.06. The molecule has 0 amide bonds. The van der Waals surface area contributed by atoms with Gasteiger partial charge in [0.15, 0.2) is 0 Å². The third-order valence-corrected chi connectivity index (χ3v) is 2.34. The second-order valence-electron chi connectivity index (χ2n) is 4.16. The first-order chi connectivity index (χ1) is 6.87. The number of thiophene rings is 1. The van der Waals surface area contributed by atoms with Crippen molar-refractivity contribution < 1.29 is 9.53 Å². The van der Waals surface area contributed by atoms with Crippen LogP contribution in [0.15, 0.2) is 12.1 Å². The molecule has 80 valence electrons. The molecule has 0 bridgehead atoms. The average Bonchev–Trinajstić information content (AvgIpc) is 2.45. The van der Waals surface area contributed by atoms with Crippen LogP contribution in [-0.2, 0) is 9.53 Å². The molecule has 1 aromatic rings. The van der Waals surface area contributed by atoms with E-state index in [0.717, 1.165) is 4.88 Å². The van der Waals surface area contributed by atoms with Crippen molar-refractivity contribution in [1.82, 2.24) is 0 Å². The molecule has 1 aromatic heterocycles. The average molecular weight is 222 g/mol. The van der Waals surface area contributed by atoms with E-state index >= 15 is 0 Å². The highest BCUT2D eigenvalue weighted by Gasteiger charge is 2.14. The van der Waals surface area contributed by atoms with Crippen LogP contribution >= 0.6 is 11.3 Å². The topological polar surface area (TPSA) is 26.3 Å². The van der Waals surface area contributed by atoms with Crippen molar-refractivity contribution in [1.29, 1.82) is 0 Å². The summed E-state index contributed by atoms with van der Waals surface area (Å²) in [4.78, 5) is 13.3. The molecular formula is C12H14O2S. The minimum absolute atomic E-state index is 0.475. The van der Waals surface area contributed by atoms with Gasteiger partial charge in [0.1, 0.15) is 5.60 Å². The zero-order valence-electron chi connectivity index (χ0n) is 9.38. The van der Waals surface area contributed by atoms with Crippen molar-refractivity contribution in [3.63, 3.8) is 0 Å². The van der Waals surface area contributed by atoms with Crippen LogP contribution in [0.5, 0.6) is 0 Å². The summed E-state index contributed by atoms with van der Waals surface area (Å²) in [5, 5.41) is 0. The van der Waals surface area contributed by atoms with E-state index in [1.165, 1.54) is 4.88 Å². The van der Waals surface area contributed by atoms with Gasteiger partial charge in [-0.2, -0.15) is 0 Å². The lowest BCUT2D eigenvalue weighted by Crippen LogP contribution is -2.22. The van der Waals surface area contributed by atoms with Crippen LogP contribution in [0.4, 0.5) is 0 Å². The Morgan fingerprint density at radius 3 is 2.53 bits per heavy atom. The standard InChI is InChI=1S/C12H14O2S/c1-9-5-6-10(15-9)7-8-11(13)14-12(2,3)4/h5-6H,1-4H3. The summed E-state index contributed by atoms with van der Waals surface area (Å²) in [5.74, 6) is 4.77. The molecule has 0 aliphatic heterocycles. The number of rotatable bonds is 0. The second-order valence-corrected chi connectivity index (χ2v) is 5.45. The summed E-state index contributed by atoms with van der Waals surface area (Å²) in [6.45, 7) is 7.47. The number of carbonyl (C=O) groups is 1. The van der Waals surface area contributed by atoms with Gasteiger partial charge in [-0.05, 0) is 45.7 Å². The van der Waals surface area contributed by atoms with Crippen molar-refractivity contribution in [2.24, 2.45) is 0 Å². The molecule has 0 aliphatic rings. The van der Waals surface area contributed by atoms with Crippen LogP contribution in [0.25, 0.3) is 0 Å². The predicted octanol–water partition coefficient (Wildman–Crippen LogP) is 2.75. The third-order valence-electron chi connectivity index (χ3n) is 1.43. The first kappa shape index (κ1) is 11.8. The Kier molecular flexibility index (Phi) is 3.54. The van der Waals surface area contributed by atoms with Gasteiger partial charge in [0.05, 0.1) is 4.88 Å². The second kappa shape index (κ2) is 4.50. The fourth-order valence-corrected chi connectivity index (χ4v) is 1.64. The zero-order valence-corrected chi connectivity index (χ0v) is 10.2. The Balaban J connectivity index is 2.63. The number of hydrogen-bond donors (Lipinski definition) is 0. The van der Waals surface area contributed by atoms with E-state index in [2.05, 4.69) is 11.8 Å². The van der Waals surface area contributed by atoms with E-state index in [1.54, 1.807) is 11.3 Å². The van der Waals surface area contributed by atoms with Crippen LogP contribution in [0, 0.1) is 18.8 Å². The van der Waals surface area contributed by atoms with Crippen molar-refractivity contribution in [2.75, 3.05) is 0 Å². The molecule has 0 aromatic carbocycles. The predicted molar refractivity (Wildman–Crippen MR) is 61.8 cm³/mol. The van der Waals surface area contributed by atoms with E-state index in [9.17, 15) is 4.79 Å². The van der Waals surface area contributed by atoms with Gasteiger partial charge in [-0.15, -0.1) is 11.3 Å². The molecule has 15 heavy (non-hydrogen) atoms. The highest BCUT2D eigenvalue weighted by molar-refractivity contribution is 7.12. The van der Waals surface area contributed by atoms with E-state index in [-0.39, 0.29) is 0 Å². The number of hydrogen-bond acceptors (Lipinski definition) is 3. The first-order valence-corrected chi connectivity index (χ1v) is 5.50. The van der Waals surface area contributed by atoms with E-state index in [1.807, 2.05) is 39.8 Å². The van der Waals surface area contributed by atoms with Crippen LogP contribution in [-0.4, -0.2) is 11.6 Å². The highest BCUT2D eigenvalue weighted by atomic mass is 32.1. The van der Waals surface area contributed by atoms with Crippen LogP contribution in [0.1, 0.15) is 30.5 Å². The molecule has 0 saturated carbocycles. The zero-order chi connectivity index (χ0) is 11.5. The van der Waals surface area contributed by atoms with Gasteiger partial charge >= 0.3 is 5.97 Å². The summed E-state index contributed by atoms with van der Waals surface area (Å²) in [7, 11) is 0. The maximum absolute atomic E-state index is 11.2. The van der Waals surface area contributed by atoms with Gasteiger partial charge in [0, 0.05) is 10.8 Å². The highest BCUT2D eigenvalue weighted by Crippen LogP contribution is 2.13. The lowest BCUT2D eigenvalue weighted by atomic mass is 10.2. The smallest absolute Gasteiger partial charge is 0.385 e. The van der Waals surface area contributed by atoms with Gasteiger partial charge in [-0.3, -0.25) is 0 Å². The van der Waals surface area contributed by atoms with Crippen LogP contribution < -0.4 is 0 Å². The molecule has 0 aliphatic carbocycles. The van der Waals surface area contributed by atoms with Gasteiger partial charge in [0.25, 0.3) is 0 Å². The molecule has 1 rings (SSSR count). The monoisotopic (exact) mass is 222 g/mol. The molecular weight excluding hydrogens is 208 g/mol. The minimum Gasteiger partial charge on any atom is -0.450 e. The Morgan fingerprint density at radius 2 is 2.07 bits per heavy atom. The van der Waals surface area contributed by atoms with Crippen LogP contribution in [0.2, 0.25) is 0 Å². The summed E-state index contributed by atoms with van der Waals surface area (Å²) in [6.07, 6.45) is 0. The summed E-state index contributed by atoms with van der Waals surface area (Å²) >= 11 is 1.57. The molecule has 0 atom stereocenters. The maximum atomic E-state index is 11.2. The SMILES string of the molecule is Cc1ccc(C#CC(=O)OC(C)(C)C)s1. The van der Waals surface area contributed by atoms with Crippen molar-refractivity contribution in [3.8, 4) is 11.8 Å². The molecule has 0 spiro atoms. The van der Waals surface area contributed by atoms with Gasteiger partial charge in [-0.1, -0.05) is 0 Å². The number of ether oxygens (including phenoxy) is 1. The molecule has 0 N–H and O–H groups in total. The quantitative estimate of drug-likeness (QED) is 0.498. The Morgan fingerprint density at radius 1 is 1.40 bits per heavy atom. The van der Waals surface area contributed by atoms with E-state index < -0.39 is 11.6 Å². The van der Waals surface area contributed by atoms with E-state index in [0.29, 0.717) is 0 Å². The molecule has 0 unspecified atom stereocenters. The molecule has 0 saturated heterocycles. The molecule has 0 radical (unpaired) electrons. The fraction of sp³-hybridized carbons (Fsp3) is 0.417. The van der Waals surface area contributed by atoms with Gasteiger partial charge in [-0.25, -0.2) is 4.79 Å². The van der Waals surface area contributed by atoms with Crippen molar-refractivity contribution in [2.45, 2.75) is 33.3 Å². The Bertz CT molecular complexity index is 413. The van der Waals surface area contributed by atoms with E-state index in [4.69, 9.17) is 4.74 Å². The van der Waals surface area contributed by atoms with Crippen molar-refractivity contribution >= 4 is 17.3 Å². The lowest BCUT2D eigenvalue weighted by molar-refractivity contribution is -0.147.